The summed E-state index contributed by atoms with van der Waals surface area (Å²) in [7, 11) is -3.43. The van der Waals surface area contributed by atoms with E-state index in [9.17, 15) is 8.42 Å². The van der Waals surface area contributed by atoms with Crippen LogP contribution in [0.25, 0.3) is 0 Å². The van der Waals surface area contributed by atoms with Crippen molar-refractivity contribution >= 4 is 10.1 Å². The molecule has 1 heterocycles. The van der Waals surface area contributed by atoms with Gasteiger partial charge in [0.25, 0.3) is 10.1 Å². The average molecular weight is 280 g/mol. The molecule has 2 aromatic rings. The van der Waals surface area contributed by atoms with Gasteiger partial charge in [-0.1, -0.05) is 30.3 Å². The van der Waals surface area contributed by atoms with Gasteiger partial charge in [0.15, 0.2) is 0 Å². The minimum Gasteiger partial charge on any atom is -0.265 e. The first-order valence-corrected chi connectivity index (χ1v) is 7.67. The Bertz CT molecular complexity index is 648. The molecule has 0 unspecified atom stereocenters. The summed E-state index contributed by atoms with van der Waals surface area (Å²) in [6.45, 7) is 2.59. The molecule has 0 bridgehead atoms. The lowest BCUT2D eigenvalue weighted by Gasteiger charge is -2.05. The van der Waals surface area contributed by atoms with Crippen molar-refractivity contribution in [2.45, 2.75) is 20.1 Å². The van der Waals surface area contributed by atoms with Gasteiger partial charge in [0.1, 0.15) is 0 Å². The molecule has 19 heavy (non-hydrogen) atoms. The third-order valence-electron chi connectivity index (χ3n) is 2.81. The van der Waals surface area contributed by atoms with E-state index in [1.54, 1.807) is 6.20 Å². The van der Waals surface area contributed by atoms with Gasteiger partial charge >= 0.3 is 0 Å². The summed E-state index contributed by atoms with van der Waals surface area (Å²) in [5, 5.41) is 4.25. The van der Waals surface area contributed by atoms with Crippen LogP contribution in [-0.2, 0) is 27.5 Å². The van der Waals surface area contributed by atoms with Crippen LogP contribution < -0.4 is 0 Å². The lowest BCUT2D eigenvalue weighted by atomic mass is 10.2. The highest BCUT2D eigenvalue weighted by Gasteiger charge is 2.10. The zero-order valence-corrected chi connectivity index (χ0v) is 11.7. The molecule has 0 fully saturated rings. The van der Waals surface area contributed by atoms with E-state index in [1.807, 2.05) is 41.9 Å². The van der Waals surface area contributed by atoms with Crippen molar-refractivity contribution in [3.8, 4) is 0 Å². The van der Waals surface area contributed by atoms with Gasteiger partial charge in [-0.05, 0) is 12.5 Å². The predicted octanol–water partition coefficient (Wildman–Crippen LogP) is 1.72. The standard InChI is InChI=1S/C13H16N2O3S/c1-11-13(10-18-19(2,16)17)8-14-15(11)9-12-6-4-3-5-7-12/h3-8H,9-10H2,1-2H3. The number of benzene rings is 1. The smallest absolute Gasteiger partial charge is 0.264 e. The lowest BCUT2D eigenvalue weighted by Crippen LogP contribution is -2.06. The SMILES string of the molecule is Cc1c(COS(C)(=O)=O)cnn1Cc1ccccc1. The Labute approximate surface area is 113 Å². The molecule has 6 heteroatoms. The van der Waals surface area contributed by atoms with Crippen LogP contribution in [0.2, 0.25) is 0 Å². The zero-order valence-electron chi connectivity index (χ0n) is 10.9. The number of hydrogen-bond donors (Lipinski definition) is 0. The van der Waals surface area contributed by atoms with Crippen LogP contribution in [0.5, 0.6) is 0 Å². The molecule has 0 atom stereocenters. The monoisotopic (exact) mass is 280 g/mol. The van der Waals surface area contributed by atoms with E-state index >= 15 is 0 Å². The zero-order chi connectivity index (χ0) is 13.9. The van der Waals surface area contributed by atoms with Crippen LogP contribution in [0.3, 0.4) is 0 Å². The summed E-state index contributed by atoms with van der Waals surface area (Å²) >= 11 is 0. The molecule has 0 aliphatic heterocycles. The highest BCUT2D eigenvalue weighted by atomic mass is 32.2. The van der Waals surface area contributed by atoms with Crippen molar-refractivity contribution in [2.75, 3.05) is 6.26 Å². The van der Waals surface area contributed by atoms with E-state index < -0.39 is 10.1 Å². The Morgan fingerprint density at radius 1 is 1.26 bits per heavy atom. The minimum absolute atomic E-state index is 0.0272. The molecule has 0 spiro atoms. The molecule has 0 aliphatic carbocycles. The molecule has 0 saturated carbocycles. The summed E-state index contributed by atoms with van der Waals surface area (Å²) in [5.74, 6) is 0. The summed E-state index contributed by atoms with van der Waals surface area (Å²) in [5.41, 5.74) is 2.83. The molecule has 102 valence electrons. The third-order valence-corrected chi connectivity index (χ3v) is 3.35. The number of hydrogen-bond acceptors (Lipinski definition) is 4. The Morgan fingerprint density at radius 3 is 2.58 bits per heavy atom. The van der Waals surface area contributed by atoms with E-state index in [4.69, 9.17) is 4.18 Å². The van der Waals surface area contributed by atoms with Gasteiger partial charge < -0.3 is 0 Å². The largest absolute Gasteiger partial charge is 0.265 e. The van der Waals surface area contributed by atoms with Crippen LogP contribution in [0.4, 0.5) is 0 Å². The van der Waals surface area contributed by atoms with Crippen LogP contribution in [0, 0.1) is 6.92 Å². The Morgan fingerprint density at radius 2 is 1.95 bits per heavy atom. The van der Waals surface area contributed by atoms with Crippen molar-refractivity contribution in [1.29, 1.82) is 0 Å². The Balaban J connectivity index is 2.10. The number of rotatable bonds is 5. The third kappa shape index (κ3) is 3.90. The van der Waals surface area contributed by atoms with E-state index in [1.165, 1.54) is 0 Å². The minimum atomic E-state index is -3.43. The fourth-order valence-electron chi connectivity index (χ4n) is 1.71. The highest BCUT2D eigenvalue weighted by Crippen LogP contribution is 2.12. The van der Waals surface area contributed by atoms with Gasteiger partial charge in [0.2, 0.25) is 0 Å². The number of nitrogens with zero attached hydrogens (tertiary/aromatic N) is 2. The molecule has 1 aromatic heterocycles. The maximum Gasteiger partial charge on any atom is 0.264 e. The lowest BCUT2D eigenvalue weighted by molar-refractivity contribution is 0.311. The maximum absolute atomic E-state index is 11.0. The highest BCUT2D eigenvalue weighted by molar-refractivity contribution is 7.85. The second-order valence-corrected chi connectivity index (χ2v) is 6.01. The second-order valence-electron chi connectivity index (χ2n) is 4.36. The topological polar surface area (TPSA) is 61.2 Å². The second kappa shape index (κ2) is 5.54. The summed E-state index contributed by atoms with van der Waals surface area (Å²) in [6.07, 6.45) is 2.68. The molecular formula is C13H16N2O3S. The average Bonchev–Trinajstić information content (AvgIpc) is 2.69. The van der Waals surface area contributed by atoms with Crippen molar-refractivity contribution in [3.63, 3.8) is 0 Å². The van der Waals surface area contributed by atoms with Crippen molar-refractivity contribution < 1.29 is 12.6 Å². The summed E-state index contributed by atoms with van der Waals surface area (Å²) in [4.78, 5) is 0. The molecule has 0 saturated heterocycles. The van der Waals surface area contributed by atoms with Gasteiger partial charge in [0, 0.05) is 11.3 Å². The van der Waals surface area contributed by atoms with Crippen LogP contribution in [0.1, 0.15) is 16.8 Å². The maximum atomic E-state index is 11.0. The molecule has 0 amide bonds. The predicted molar refractivity (Wildman–Crippen MR) is 72.1 cm³/mol. The molecule has 2 rings (SSSR count). The van der Waals surface area contributed by atoms with Gasteiger partial charge in [0.05, 0.1) is 25.6 Å². The van der Waals surface area contributed by atoms with Crippen molar-refractivity contribution in [3.05, 3.63) is 53.3 Å². The Kier molecular flexibility index (Phi) is 4.01. The Hall–Kier alpha value is -1.66. The van der Waals surface area contributed by atoms with Crippen LogP contribution >= 0.6 is 0 Å². The van der Waals surface area contributed by atoms with Gasteiger partial charge in [-0.25, -0.2) is 0 Å². The molecule has 0 radical (unpaired) electrons. The first-order chi connectivity index (χ1) is 8.96. The van der Waals surface area contributed by atoms with E-state index in [0.717, 1.165) is 23.1 Å². The van der Waals surface area contributed by atoms with Crippen molar-refractivity contribution in [1.82, 2.24) is 9.78 Å². The molecule has 0 N–H and O–H groups in total. The first kappa shape index (κ1) is 13.8. The number of aromatic nitrogens is 2. The first-order valence-electron chi connectivity index (χ1n) is 5.85. The fraction of sp³-hybridized carbons (Fsp3) is 0.308. The van der Waals surface area contributed by atoms with Crippen LogP contribution in [-0.4, -0.2) is 24.5 Å². The fourth-order valence-corrected chi connectivity index (χ4v) is 2.05. The van der Waals surface area contributed by atoms with Gasteiger partial charge in [-0.15, -0.1) is 0 Å². The summed E-state index contributed by atoms with van der Waals surface area (Å²) in [6, 6.07) is 9.95. The quantitative estimate of drug-likeness (QED) is 0.782. The molecule has 0 aliphatic rings. The molecule has 5 nitrogen and oxygen atoms in total. The van der Waals surface area contributed by atoms with E-state index in [-0.39, 0.29) is 6.61 Å². The van der Waals surface area contributed by atoms with E-state index in [0.29, 0.717) is 6.54 Å². The molecule has 1 aromatic carbocycles. The van der Waals surface area contributed by atoms with E-state index in [2.05, 4.69) is 5.10 Å². The van der Waals surface area contributed by atoms with Crippen LogP contribution in [0.15, 0.2) is 36.5 Å². The summed E-state index contributed by atoms with van der Waals surface area (Å²) < 4.78 is 28.5. The molecular weight excluding hydrogens is 264 g/mol. The normalized spacial score (nSPS) is 11.7. The van der Waals surface area contributed by atoms with Gasteiger partial charge in [-0.2, -0.15) is 13.5 Å². The van der Waals surface area contributed by atoms with Gasteiger partial charge in [-0.3, -0.25) is 8.86 Å². The van der Waals surface area contributed by atoms with Crippen molar-refractivity contribution in [2.24, 2.45) is 0 Å².